The number of benzene rings is 7. The number of hydrogen-bond donors (Lipinski definition) is 0. The molecule has 0 saturated carbocycles. The lowest BCUT2D eigenvalue weighted by Gasteiger charge is -2.15. The Morgan fingerprint density at radius 1 is 0.368 bits per heavy atom. The average Bonchev–Trinajstić information content (AvgIpc) is 3.00. The molecule has 0 aliphatic rings. The summed E-state index contributed by atoms with van der Waals surface area (Å²) in [5.74, 6) is 0. The van der Waals surface area contributed by atoms with Crippen molar-refractivity contribution in [2.45, 2.75) is 0 Å². The van der Waals surface area contributed by atoms with Crippen molar-refractivity contribution < 1.29 is 0 Å². The number of hydrogen-bond acceptors (Lipinski definition) is 1. The van der Waals surface area contributed by atoms with Crippen LogP contribution in [0.4, 0.5) is 0 Å². The summed E-state index contributed by atoms with van der Waals surface area (Å²) in [6.45, 7) is 0. The first-order valence-corrected chi connectivity index (χ1v) is 12.8. The summed E-state index contributed by atoms with van der Waals surface area (Å²) in [7, 11) is 0. The number of fused-ring (bicyclic) bond motifs is 3. The molecule has 0 aliphatic carbocycles. The van der Waals surface area contributed by atoms with Gasteiger partial charge in [-0.2, -0.15) is 5.26 Å². The minimum Gasteiger partial charge on any atom is -0.192 e. The maximum atomic E-state index is 9.62. The van der Waals surface area contributed by atoms with Gasteiger partial charge in [-0.25, -0.2) is 0 Å². The smallest absolute Gasteiger partial charge is 0.0998 e. The van der Waals surface area contributed by atoms with Crippen molar-refractivity contribution in [2.75, 3.05) is 0 Å². The molecule has 0 atom stereocenters. The molecule has 1 heteroatoms. The van der Waals surface area contributed by atoms with E-state index < -0.39 is 0 Å². The van der Waals surface area contributed by atoms with Crippen LogP contribution >= 0.6 is 0 Å². The van der Waals surface area contributed by atoms with Crippen LogP contribution in [0.15, 0.2) is 140 Å². The minimum absolute atomic E-state index is 0.705. The lowest BCUT2D eigenvalue weighted by molar-refractivity contribution is 1.50. The summed E-state index contributed by atoms with van der Waals surface area (Å²) in [5, 5.41) is 16.7. The van der Waals surface area contributed by atoms with E-state index >= 15 is 0 Å². The molecule has 0 unspecified atom stereocenters. The quantitative estimate of drug-likeness (QED) is 0.246. The molecule has 0 N–H and O–H groups in total. The van der Waals surface area contributed by atoms with Gasteiger partial charge in [0, 0.05) is 5.39 Å². The van der Waals surface area contributed by atoms with E-state index in [2.05, 4.69) is 121 Å². The second-order valence-electron chi connectivity index (χ2n) is 9.66. The molecule has 0 saturated heterocycles. The monoisotopic (exact) mass is 481 g/mol. The molecule has 7 aromatic carbocycles. The van der Waals surface area contributed by atoms with Crippen LogP contribution < -0.4 is 0 Å². The van der Waals surface area contributed by atoms with Gasteiger partial charge in [-0.1, -0.05) is 127 Å². The maximum Gasteiger partial charge on any atom is 0.0998 e. The van der Waals surface area contributed by atoms with E-state index in [-0.39, 0.29) is 0 Å². The summed E-state index contributed by atoms with van der Waals surface area (Å²) in [5.41, 5.74) is 7.88. The second-order valence-corrected chi connectivity index (χ2v) is 9.66. The van der Waals surface area contributed by atoms with Crippen LogP contribution in [0.5, 0.6) is 0 Å². The highest BCUT2D eigenvalue weighted by Gasteiger charge is 2.13. The molecule has 0 heterocycles. The summed E-state index contributed by atoms with van der Waals surface area (Å²) >= 11 is 0. The predicted molar refractivity (Wildman–Crippen MR) is 160 cm³/mol. The molecule has 0 aromatic heterocycles. The molecule has 0 spiro atoms. The SMILES string of the molecule is N#Cc1ccc(-c2ccc(-c3ccc(-c4ccc5ccccc5c4)cc3)c3ccccc23)c2ccccc12. The molecule has 0 radical (unpaired) electrons. The van der Waals surface area contributed by atoms with Gasteiger partial charge in [0.25, 0.3) is 0 Å². The third kappa shape index (κ3) is 3.63. The van der Waals surface area contributed by atoms with E-state index in [1.165, 1.54) is 49.4 Å². The van der Waals surface area contributed by atoms with E-state index in [9.17, 15) is 5.26 Å². The van der Waals surface area contributed by atoms with Crippen molar-refractivity contribution in [3.05, 3.63) is 145 Å². The van der Waals surface area contributed by atoms with Crippen molar-refractivity contribution in [2.24, 2.45) is 0 Å². The van der Waals surface area contributed by atoms with Crippen LogP contribution in [0.3, 0.4) is 0 Å². The van der Waals surface area contributed by atoms with Gasteiger partial charge in [-0.3, -0.25) is 0 Å². The van der Waals surface area contributed by atoms with E-state index in [0.29, 0.717) is 5.56 Å². The van der Waals surface area contributed by atoms with Gasteiger partial charge < -0.3 is 0 Å². The molecule has 0 bridgehead atoms. The van der Waals surface area contributed by atoms with Gasteiger partial charge in [-0.05, 0) is 72.4 Å². The van der Waals surface area contributed by atoms with E-state index in [0.717, 1.165) is 16.3 Å². The van der Waals surface area contributed by atoms with Crippen molar-refractivity contribution in [3.63, 3.8) is 0 Å². The van der Waals surface area contributed by atoms with Crippen LogP contribution in [0.25, 0.3) is 65.7 Å². The third-order valence-electron chi connectivity index (χ3n) is 7.54. The van der Waals surface area contributed by atoms with E-state index in [1.54, 1.807) is 0 Å². The second kappa shape index (κ2) is 9.04. The maximum absolute atomic E-state index is 9.62. The third-order valence-corrected chi connectivity index (χ3v) is 7.54. The van der Waals surface area contributed by atoms with Crippen LogP contribution in [0.2, 0.25) is 0 Å². The Balaban J connectivity index is 1.34. The lowest BCUT2D eigenvalue weighted by atomic mass is 9.89. The van der Waals surface area contributed by atoms with Gasteiger partial charge >= 0.3 is 0 Å². The highest BCUT2D eigenvalue weighted by molar-refractivity contribution is 6.10. The van der Waals surface area contributed by atoms with Crippen molar-refractivity contribution >= 4 is 32.3 Å². The van der Waals surface area contributed by atoms with Crippen molar-refractivity contribution in [1.82, 2.24) is 0 Å². The molecule has 7 aromatic rings. The zero-order chi connectivity index (χ0) is 25.5. The first-order chi connectivity index (χ1) is 18.8. The van der Waals surface area contributed by atoms with Crippen molar-refractivity contribution in [3.8, 4) is 39.4 Å². The zero-order valence-corrected chi connectivity index (χ0v) is 20.7. The molecule has 176 valence electrons. The van der Waals surface area contributed by atoms with Crippen LogP contribution in [0, 0.1) is 11.3 Å². The molecule has 7 rings (SSSR count). The highest BCUT2D eigenvalue weighted by atomic mass is 14.2. The standard InChI is InChI=1S/C37H23N/c38-24-30-19-20-36(33-10-4-3-9-31(30)33)37-22-21-32(34-11-5-6-12-35(34)37)27-16-13-26(14-17-27)29-18-15-25-7-1-2-8-28(25)23-29/h1-23H. The normalized spacial score (nSPS) is 11.1. The van der Waals surface area contributed by atoms with Crippen LogP contribution in [-0.4, -0.2) is 0 Å². The largest absolute Gasteiger partial charge is 0.192 e. The fourth-order valence-electron chi connectivity index (χ4n) is 5.63. The van der Waals surface area contributed by atoms with Gasteiger partial charge in [0.2, 0.25) is 0 Å². The Morgan fingerprint density at radius 2 is 0.868 bits per heavy atom. The average molecular weight is 482 g/mol. The first-order valence-electron chi connectivity index (χ1n) is 12.8. The number of nitrogens with zero attached hydrogens (tertiary/aromatic N) is 1. The van der Waals surface area contributed by atoms with Crippen molar-refractivity contribution in [1.29, 1.82) is 5.26 Å². The van der Waals surface area contributed by atoms with Gasteiger partial charge in [0.15, 0.2) is 0 Å². The van der Waals surface area contributed by atoms with Crippen LogP contribution in [-0.2, 0) is 0 Å². The van der Waals surface area contributed by atoms with Gasteiger partial charge in [0.05, 0.1) is 11.6 Å². The fraction of sp³-hybridized carbons (Fsp3) is 0. The van der Waals surface area contributed by atoms with Gasteiger partial charge in [0.1, 0.15) is 0 Å². The highest BCUT2D eigenvalue weighted by Crippen LogP contribution is 2.39. The molecule has 38 heavy (non-hydrogen) atoms. The molecule has 1 nitrogen and oxygen atoms in total. The summed E-state index contributed by atoms with van der Waals surface area (Å²) in [6.07, 6.45) is 0. The topological polar surface area (TPSA) is 23.8 Å². The fourth-order valence-corrected chi connectivity index (χ4v) is 5.63. The lowest BCUT2D eigenvalue weighted by Crippen LogP contribution is -1.89. The predicted octanol–water partition coefficient (Wildman–Crippen LogP) is 10.0. The van der Waals surface area contributed by atoms with Gasteiger partial charge in [-0.15, -0.1) is 0 Å². The Kier molecular flexibility index (Phi) is 5.24. The molecule has 0 fully saturated rings. The Hall–Kier alpha value is -5.19. The Labute approximate surface area is 221 Å². The van der Waals surface area contributed by atoms with E-state index in [4.69, 9.17) is 0 Å². The number of rotatable bonds is 3. The summed E-state index contributed by atoms with van der Waals surface area (Å²) in [6, 6.07) is 51.6. The Bertz CT molecular complexity index is 2020. The number of nitriles is 1. The zero-order valence-electron chi connectivity index (χ0n) is 20.7. The summed E-state index contributed by atoms with van der Waals surface area (Å²) < 4.78 is 0. The van der Waals surface area contributed by atoms with Crippen LogP contribution in [0.1, 0.15) is 5.56 Å². The summed E-state index contributed by atoms with van der Waals surface area (Å²) in [4.78, 5) is 0. The molecular formula is C37H23N. The minimum atomic E-state index is 0.705. The van der Waals surface area contributed by atoms with E-state index in [1.807, 2.05) is 24.3 Å². The molecule has 0 aliphatic heterocycles. The molecule has 0 amide bonds. The molecular weight excluding hydrogens is 458 g/mol. The first kappa shape index (κ1) is 22.0. The Morgan fingerprint density at radius 3 is 1.58 bits per heavy atom.